The van der Waals surface area contributed by atoms with Crippen molar-refractivity contribution in [3.63, 3.8) is 0 Å². The number of aliphatic carboxylic acids is 1. The average Bonchev–Trinajstić information content (AvgIpc) is 2.14. The molecule has 0 aromatic heterocycles. The zero-order chi connectivity index (χ0) is 12.7. The van der Waals surface area contributed by atoms with Crippen molar-refractivity contribution in [2.75, 3.05) is 13.1 Å². The molecule has 88 valence electrons. The predicted molar refractivity (Wildman–Crippen MR) is 55.2 cm³/mol. The number of carbonyl (C=O) groups excluding carboxylic acids is 2. The lowest BCUT2D eigenvalue weighted by Gasteiger charge is -2.23. The number of nitrogens with one attached hydrogen (secondary N) is 1. The number of urea groups is 1. The van der Waals surface area contributed by atoms with Crippen LogP contribution in [-0.4, -0.2) is 47.0 Å². The molecule has 0 aliphatic heterocycles. The van der Waals surface area contributed by atoms with Gasteiger partial charge < -0.3 is 10.8 Å². The van der Waals surface area contributed by atoms with E-state index in [1.165, 1.54) is 11.8 Å². The van der Waals surface area contributed by atoms with Crippen molar-refractivity contribution in [2.24, 2.45) is 5.73 Å². The normalized spacial score (nSPS) is 11.6. The van der Waals surface area contributed by atoms with E-state index >= 15 is 0 Å². The fourth-order valence-electron chi connectivity index (χ4n) is 1.01. The molecule has 0 saturated carbocycles. The van der Waals surface area contributed by atoms with Crippen LogP contribution in [0.2, 0.25) is 0 Å². The molecule has 0 fully saturated rings. The molecule has 0 aromatic carbocycles. The molecule has 0 heterocycles. The van der Waals surface area contributed by atoms with E-state index in [9.17, 15) is 14.4 Å². The first-order valence-corrected chi connectivity index (χ1v) is 4.38. The van der Waals surface area contributed by atoms with Crippen molar-refractivity contribution < 1.29 is 19.5 Å². The van der Waals surface area contributed by atoms with E-state index in [1.54, 1.807) is 0 Å². The van der Waals surface area contributed by atoms with E-state index in [0.717, 1.165) is 0 Å². The molecule has 1 unspecified atom stereocenters. The molecule has 0 aromatic rings. The zero-order valence-electron chi connectivity index (χ0n) is 8.77. The number of carbonyl (C=O) groups is 3. The van der Waals surface area contributed by atoms with Gasteiger partial charge in [0.1, 0.15) is 0 Å². The lowest BCUT2D eigenvalue weighted by molar-refractivity contribution is -0.139. The number of nitrogens with zero attached hydrogens (tertiary/aromatic N) is 1. The minimum absolute atomic E-state index is 0.0142. The minimum atomic E-state index is -1.12. The second kappa shape index (κ2) is 6.42. The predicted octanol–water partition coefficient (Wildman–Crippen LogP) is -1.41. The van der Waals surface area contributed by atoms with Gasteiger partial charge in [-0.1, -0.05) is 5.92 Å². The Morgan fingerprint density at radius 2 is 2.12 bits per heavy atom. The highest BCUT2D eigenvalue weighted by Crippen LogP contribution is 1.98. The first-order chi connectivity index (χ1) is 7.38. The molecular weight excluding hydrogens is 214 g/mol. The number of rotatable bonds is 5. The molecule has 0 spiro atoms. The Hall–Kier alpha value is -2.07. The summed E-state index contributed by atoms with van der Waals surface area (Å²) in [5.74, 6) is 0.421. The van der Waals surface area contributed by atoms with Gasteiger partial charge in [-0.15, -0.1) is 6.42 Å². The summed E-state index contributed by atoms with van der Waals surface area (Å²) >= 11 is 0. The van der Waals surface area contributed by atoms with Gasteiger partial charge >= 0.3 is 12.0 Å². The second-order valence-corrected chi connectivity index (χ2v) is 3.03. The quantitative estimate of drug-likeness (QED) is 0.499. The van der Waals surface area contributed by atoms with Gasteiger partial charge in [0, 0.05) is 0 Å². The number of terminal acetylenes is 1. The van der Waals surface area contributed by atoms with Crippen LogP contribution in [-0.2, 0) is 9.59 Å². The van der Waals surface area contributed by atoms with Crippen LogP contribution in [0.25, 0.3) is 0 Å². The van der Waals surface area contributed by atoms with E-state index in [1.807, 2.05) is 5.32 Å². The number of imide groups is 1. The van der Waals surface area contributed by atoms with Crippen molar-refractivity contribution in [3.05, 3.63) is 0 Å². The molecule has 0 bridgehead atoms. The third-order valence-corrected chi connectivity index (χ3v) is 1.81. The van der Waals surface area contributed by atoms with E-state index in [2.05, 4.69) is 5.92 Å². The Bertz CT molecular complexity index is 334. The number of nitrogens with two attached hydrogens (primary N) is 1. The van der Waals surface area contributed by atoms with Crippen LogP contribution in [0.3, 0.4) is 0 Å². The first-order valence-electron chi connectivity index (χ1n) is 4.38. The fraction of sp³-hybridized carbons (Fsp3) is 0.444. The smallest absolute Gasteiger partial charge is 0.318 e. The maximum atomic E-state index is 11.3. The number of carboxylic acids is 1. The largest absolute Gasteiger partial charge is 0.480 e. The lowest BCUT2D eigenvalue weighted by Crippen LogP contribution is -2.49. The number of amides is 3. The number of primary amides is 1. The molecule has 0 aliphatic carbocycles. The van der Waals surface area contributed by atoms with Crippen molar-refractivity contribution in [1.82, 2.24) is 10.2 Å². The summed E-state index contributed by atoms with van der Waals surface area (Å²) in [7, 11) is 0. The van der Waals surface area contributed by atoms with Crippen molar-refractivity contribution in [3.8, 4) is 12.3 Å². The van der Waals surface area contributed by atoms with Crippen LogP contribution < -0.4 is 11.1 Å². The Morgan fingerprint density at radius 3 is 2.50 bits per heavy atom. The third-order valence-electron chi connectivity index (χ3n) is 1.81. The van der Waals surface area contributed by atoms with Gasteiger partial charge in [-0.3, -0.25) is 19.8 Å². The molecule has 3 amide bonds. The van der Waals surface area contributed by atoms with Gasteiger partial charge in [0.05, 0.1) is 19.1 Å². The molecule has 16 heavy (non-hydrogen) atoms. The summed E-state index contributed by atoms with van der Waals surface area (Å²) in [5.41, 5.74) is 4.76. The summed E-state index contributed by atoms with van der Waals surface area (Å²) in [5, 5.41) is 10.4. The van der Waals surface area contributed by atoms with E-state index in [0.29, 0.717) is 0 Å². The van der Waals surface area contributed by atoms with Crippen LogP contribution in [0.4, 0.5) is 4.79 Å². The molecule has 7 heteroatoms. The second-order valence-electron chi connectivity index (χ2n) is 3.03. The Balaban J connectivity index is 4.53. The maximum absolute atomic E-state index is 11.3. The van der Waals surface area contributed by atoms with E-state index in [-0.39, 0.29) is 6.54 Å². The maximum Gasteiger partial charge on any atom is 0.318 e. The fourth-order valence-corrected chi connectivity index (χ4v) is 1.01. The molecule has 4 N–H and O–H groups in total. The Morgan fingerprint density at radius 1 is 1.56 bits per heavy atom. The van der Waals surface area contributed by atoms with Crippen molar-refractivity contribution in [2.45, 2.75) is 13.0 Å². The number of carboxylic acid groups (broad SMARTS) is 1. The van der Waals surface area contributed by atoms with Gasteiger partial charge in [0.2, 0.25) is 5.91 Å². The van der Waals surface area contributed by atoms with Crippen molar-refractivity contribution >= 4 is 17.9 Å². The standard InChI is InChI=1S/C9H13N3O4/c1-3-4-12(5-7(13)14)6(2)8(15)11-9(10)16/h1,6H,4-5H2,2H3,(H,13,14)(H3,10,11,15,16). The Kier molecular flexibility index (Phi) is 5.59. The zero-order valence-corrected chi connectivity index (χ0v) is 8.77. The van der Waals surface area contributed by atoms with Crippen LogP contribution >= 0.6 is 0 Å². The molecule has 0 radical (unpaired) electrons. The van der Waals surface area contributed by atoms with E-state index < -0.39 is 30.5 Å². The van der Waals surface area contributed by atoms with Crippen LogP contribution in [0, 0.1) is 12.3 Å². The van der Waals surface area contributed by atoms with E-state index in [4.69, 9.17) is 17.3 Å². The highest BCUT2D eigenvalue weighted by molar-refractivity contribution is 5.96. The molecule has 7 nitrogen and oxygen atoms in total. The van der Waals surface area contributed by atoms with Crippen LogP contribution in [0.15, 0.2) is 0 Å². The summed E-state index contributed by atoms with van der Waals surface area (Å²) in [4.78, 5) is 33.5. The minimum Gasteiger partial charge on any atom is -0.480 e. The van der Waals surface area contributed by atoms with Gasteiger partial charge in [0.25, 0.3) is 0 Å². The monoisotopic (exact) mass is 227 g/mol. The van der Waals surface area contributed by atoms with Crippen LogP contribution in [0.5, 0.6) is 0 Å². The summed E-state index contributed by atoms with van der Waals surface area (Å²) in [6.45, 7) is 1.02. The molecule has 0 saturated heterocycles. The molecule has 0 aliphatic rings. The number of hydrogen-bond donors (Lipinski definition) is 3. The average molecular weight is 227 g/mol. The highest BCUT2D eigenvalue weighted by atomic mass is 16.4. The van der Waals surface area contributed by atoms with Gasteiger partial charge in [-0.25, -0.2) is 4.79 Å². The third kappa shape index (κ3) is 4.97. The molecular formula is C9H13N3O4. The number of hydrogen-bond acceptors (Lipinski definition) is 4. The van der Waals surface area contributed by atoms with Gasteiger partial charge in [-0.05, 0) is 6.92 Å². The first kappa shape index (κ1) is 13.9. The topological polar surface area (TPSA) is 113 Å². The molecule has 0 rings (SSSR count). The van der Waals surface area contributed by atoms with Gasteiger partial charge in [0.15, 0.2) is 0 Å². The van der Waals surface area contributed by atoms with Gasteiger partial charge in [-0.2, -0.15) is 0 Å². The highest BCUT2D eigenvalue weighted by Gasteiger charge is 2.23. The summed E-state index contributed by atoms with van der Waals surface area (Å²) in [6.07, 6.45) is 5.04. The Labute approximate surface area is 92.6 Å². The van der Waals surface area contributed by atoms with Crippen molar-refractivity contribution in [1.29, 1.82) is 0 Å². The SMILES string of the molecule is C#CCN(CC(=O)O)C(C)C(=O)NC(N)=O. The summed E-state index contributed by atoms with van der Waals surface area (Å²) < 4.78 is 0. The van der Waals surface area contributed by atoms with Crippen LogP contribution in [0.1, 0.15) is 6.92 Å². The molecule has 1 atom stereocenters. The lowest BCUT2D eigenvalue weighted by atomic mass is 10.2. The summed E-state index contributed by atoms with van der Waals surface area (Å²) in [6, 6.07) is -1.84.